The molecule has 0 aliphatic carbocycles. The molecule has 0 amide bonds. The normalized spacial score (nSPS) is 10.1. The van der Waals surface area contributed by atoms with Gasteiger partial charge in [-0.05, 0) is 17.9 Å². The fourth-order valence-electron chi connectivity index (χ4n) is 1.84. The Morgan fingerprint density at radius 1 is 0.688 bits per heavy atom. The standard InChI is InChI=1S/C14H30S.Na.H/c1-3-5-6-7-8-9-10-11-12-13-14-15-4-2;;/h3-14H2,1-2H3;;/q;+1;-1. The van der Waals surface area contributed by atoms with Crippen LogP contribution in [0.3, 0.4) is 0 Å². The summed E-state index contributed by atoms with van der Waals surface area (Å²) in [6.07, 6.45) is 14.5. The average Bonchev–Trinajstić information content (AvgIpc) is 2.26. The fraction of sp³-hybridized carbons (Fsp3) is 1.00. The summed E-state index contributed by atoms with van der Waals surface area (Å²) in [6, 6.07) is 0. The van der Waals surface area contributed by atoms with Crippen molar-refractivity contribution >= 4 is 11.8 Å². The minimum absolute atomic E-state index is 0. The Morgan fingerprint density at radius 2 is 1.12 bits per heavy atom. The Hall–Kier alpha value is 1.35. The van der Waals surface area contributed by atoms with Gasteiger partial charge in [-0.2, -0.15) is 11.8 Å². The van der Waals surface area contributed by atoms with Gasteiger partial charge in [0, 0.05) is 0 Å². The van der Waals surface area contributed by atoms with Crippen LogP contribution in [0.1, 0.15) is 79.5 Å². The topological polar surface area (TPSA) is 0 Å². The van der Waals surface area contributed by atoms with E-state index in [0.29, 0.717) is 0 Å². The molecule has 2 heteroatoms. The molecule has 0 radical (unpaired) electrons. The summed E-state index contributed by atoms with van der Waals surface area (Å²) in [5.41, 5.74) is 0. The first-order valence-electron chi connectivity index (χ1n) is 6.99. The predicted molar refractivity (Wildman–Crippen MR) is 76.0 cm³/mol. The maximum Gasteiger partial charge on any atom is 1.00 e. The fourth-order valence-corrected chi connectivity index (χ4v) is 2.53. The molecule has 0 aromatic carbocycles. The van der Waals surface area contributed by atoms with E-state index in [2.05, 4.69) is 25.6 Å². The van der Waals surface area contributed by atoms with Gasteiger partial charge in [0.15, 0.2) is 0 Å². The van der Waals surface area contributed by atoms with Crippen LogP contribution in [0.5, 0.6) is 0 Å². The molecule has 94 valence electrons. The SMILES string of the molecule is CCCCCCCCCCCCSCC.[H-].[Na+]. The van der Waals surface area contributed by atoms with Gasteiger partial charge in [0.1, 0.15) is 0 Å². The van der Waals surface area contributed by atoms with Crippen LogP contribution in [0.4, 0.5) is 0 Å². The molecule has 0 spiro atoms. The Kier molecular flexibility index (Phi) is 23.0. The van der Waals surface area contributed by atoms with E-state index in [4.69, 9.17) is 0 Å². The van der Waals surface area contributed by atoms with Crippen molar-refractivity contribution in [2.45, 2.75) is 78.1 Å². The largest absolute Gasteiger partial charge is 1.00 e. The number of hydrogen-bond acceptors (Lipinski definition) is 1. The molecule has 0 atom stereocenters. The molecule has 0 aliphatic heterocycles. The third-order valence-corrected chi connectivity index (χ3v) is 3.83. The summed E-state index contributed by atoms with van der Waals surface area (Å²) in [4.78, 5) is 0. The third-order valence-electron chi connectivity index (χ3n) is 2.85. The van der Waals surface area contributed by atoms with Gasteiger partial charge in [0.2, 0.25) is 0 Å². The maximum absolute atomic E-state index is 2.29. The molecule has 0 saturated heterocycles. The molecule has 0 saturated carbocycles. The smallest absolute Gasteiger partial charge is 1.00 e. The van der Waals surface area contributed by atoms with E-state index in [1.54, 1.807) is 0 Å². The van der Waals surface area contributed by atoms with Crippen molar-refractivity contribution in [3.8, 4) is 0 Å². The summed E-state index contributed by atoms with van der Waals surface area (Å²) in [5, 5.41) is 0. The Labute approximate surface area is 132 Å². The molecular weight excluding hydrogens is 223 g/mol. The quantitative estimate of drug-likeness (QED) is 0.381. The number of rotatable bonds is 12. The maximum atomic E-state index is 2.29. The van der Waals surface area contributed by atoms with Gasteiger partial charge in [-0.15, -0.1) is 0 Å². The van der Waals surface area contributed by atoms with Gasteiger partial charge >= 0.3 is 29.6 Å². The first-order chi connectivity index (χ1) is 7.41. The van der Waals surface area contributed by atoms with Crippen molar-refractivity contribution in [3.05, 3.63) is 0 Å². The summed E-state index contributed by atoms with van der Waals surface area (Å²) in [7, 11) is 0. The molecular formula is C14H31NaS. The summed E-state index contributed by atoms with van der Waals surface area (Å²) >= 11 is 2.09. The molecule has 0 N–H and O–H groups in total. The monoisotopic (exact) mass is 254 g/mol. The van der Waals surface area contributed by atoms with Crippen LogP contribution < -0.4 is 29.6 Å². The zero-order valence-corrected chi connectivity index (χ0v) is 14.7. The molecule has 0 rings (SSSR count). The third kappa shape index (κ3) is 17.7. The molecule has 0 aliphatic rings. The Bertz CT molecular complexity index is 100. The second-order valence-corrected chi connectivity index (χ2v) is 5.77. The van der Waals surface area contributed by atoms with Crippen LogP contribution in [0, 0.1) is 0 Å². The van der Waals surface area contributed by atoms with E-state index in [0.717, 1.165) is 0 Å². The van der Waals surface area contributed by atoms with Crippen molar-refractivity contribution in [3.63, 3.8) is 0 Å². The average molecular weight is 254 g/mol. The van der Waals surface area contributed by atoms with Gasteiger partial charge in [-0.3, -0.25) is 0 Å². The van der Waals surface area contributed by atoms with E-state index in [-0.39, 0.29) is 31.0 Å². The van der Waals surface area contributed by atoms with Crippen molar-refractivity contribution in [1.82, 2.24) is 0 Å². The molecule has 0 nitrogen and oxygen atoms in total. The first-order valence-corrected chi connectivity index (χ1v) is 8.15. The zero-order valence-electron chi connectivity index (χ0n) is 12.9. The molecule has 0 heterocycles. The first kappa shape index (κ1) is 19.7. The van der Waals surface area contributed by atoms with E-state index in [9.17, 15) is 0 Å². The summed E-state index contributed by atoms with van der Waals surface area (Å²) in [6.45, 7) is 4.54. The molecule has 0 aromatic heterocycles. The minimum atomic E-state index is 0. The molecule has 0 bridgehead atoms. The van der Waals surface area contributed by atoms with Crippen LogP contribution >= 0.6 is 11.8 Å². The predicted octanol–water partition coefficient (Wildman–Crippen LogP) is 2.78. The van der Waals surface area contributed by atoms with Crippen LogP contribution in [-0.4, -0.2) is 11.5 Å². The minimum Gasteiger partial charge on any atom is -1.00 e. The van der Waals surface area contributed by atoms with Crippen LogP contribution in [0.25, 0.3) is 0 Å². The molecule has 16 heavy (non-hydrogen) atoms. The number of hydrogen-bond donors (Lipinski definition) is 0. The summed E-state index contributed by atoms with van der Waals surface area (Å²) in [5.74, 6) is 2.67. The van der Waals surface area contributed by atoms with Crippen molar-refractivity contribution < 1.29 is 31.0 Å². The van der Waals surface area contributed by atoms with Crippen LogP contribution in [0.15, 0.2) is 0 Å². The van der Waals surface area contributed by atoms with E-state index in [1.807, 2.05) is 0 Å². The second kappa shape index (κ2) is 18.7. The van der Waals surface area contributed by atoms with Gasteiger partial charge in [-0.25, -0.2) is 0 Å². The van der Waals surface area contributed by atoms with Gasteiger partial charge < -0.3 is 1.43 Å². The summed E-state index contributed by atoms with van der Waals surface area (Å²) < 4.78 is 0. The van der Waals surface area contributed by atoms with Crippen molar-refractivity contribution in [2.24, 2.45) is 0 Å². The van der Waals surface area contributed by atoms with Gasteiger partial charge in [-0.1, -0.05) is 71.6 Å². The molecule has 0 fully saturated rings. The number of thioether (sulfide) groups is 1. The van der Waals surface area contributed by atoms with Crippen molar-refractivity contribution in [1.29, 1.82) is 0 Å². The van der Waals surface area contributed by atoms with Gasteiger partial charge in [0.25, 0.3) is 0 Å². The van der Waals surface area contributed by atoms with E-state index >= 15 is 0 Å². The molecule has 0 unspecified atom stereocenters. The van der Waals surface area contributed by atoms with Gasteiger partial charge in [0.05, 0.1) is 0 Å². The Balaban J connectivity index is -0.000000980. The Morgan fingerprint density at radius 3 is 1.56 bits per heavy atom. The number of unbranched alkanes of at least 4 members (excludes halogenated alkanes) is 9. The van der Waals surface area contributed by atoms with Crippen LogP contribution in [-0.2, 0) is 0 Å². The van der Waals surface area contributed by atoms with Crippen molar-refractivity contribution in [2.75, 3.05) is 11.5 Å². The van der Waals surface area contributed by atoms with Crippen LogP contribution in [0.2, 0.25) is 0 Å². The zero-order chi connectivity index (χ0) is 11.2. The van der Waals surface area contributed by atoms with E-state index < -0.39 is 0 Å². The molecule has 0 aromatic rings. The van der Waals surface area contributed by atoms with E-state index in [1.165, 1.54) is 75.7 Å². The second-order valence-electron chi connectivity index (χ2n) is 4.38.